The van der Waals surface area contributed by atoms with E-state index in [0.717, 1.165) is 36.6 Å². The Kier molecular flexibility index (Phi) is 6.70. The third-order valence-electron chi connectivity index (χ3n) is 6.63. The fourth-order valence-electron chi connectivity index (χ4n) is 4.47. The molecule has 1 saturated heterocycles. The van der Waals surface area contributed by atoms with Crippen LogP contribution in [0.25, 0.3) is 22.3 Å². The van der Waals surface area contributed by atoms with E-state index in [9.17, 15) is 14.0 Å². The number of hydrogen-bond acceptors (Lipinski definition) is 7. The summed E-state index contributed by atoms with van der Waals surface area (Å²) in [4.78, 5) is 18.7. The molecule has 184 valence electrons. The maximum absolute atomic E-state index is 14.9. The molecule has 2 fully saturated rings. The highest BCUT2D eigenvalue weighted by atomic mass is 19.1. The van der Waals surface area contributed by atoms with Crippen molar-refractivity contribution in [2.24, 2.45) is 10.7 Å². The molecule has 2 aliphatic rings. The van der Waals surface area contributed by atoms with Gasteiger partial charge in [-0.05, 0) is 50.8 Å². The Morgan fingerprint density at radius 3 is 2.78 bits per heavy atom. The Hall–Kier alpha value is -3.77. The van der Waals surface area contributed by atoms with Gasteiger partial charge in [-0.25, -0.2) is 23.7 Å². The van der Waals surface area contributed by atoms with Gasteiger partial charge in [0.15, 0.2) is 0 Å². The second-order valence-corrected chi connectivity index (χ2v) is 9.23. The number of nitrogens with zero attached hydrogens (tertiary/aromatic N) is 5. The molecule has 2 aromatic heterocycles. The van der Waals surface area contributed by atoms with E-state index in [0.29, 0.717) is 41.5 Å². The molecule has 9 heteroatoms. The number of rotatable bonds is 6. The number of pyridine rings is 1. The molecule has 2 unspecified atom stereocenters. The van der Waals surface area contributed by atoms with Gasteiger partial charge in [-0.15, -0.1) is 0 Å². The summed E-state index contributed by atoms with van der Waals surface area (Å²) >= 11 is 0. The third kappa shape index (κ3) is 4.95. The predicted molar refractivity (Wildman–Crippen MR) is 132 cm³/mol. The second kappa shape index (κ2) is 10.1. The summed E-state index contributed by atoms with van der Waals surface area (Å²) in [5.41, 5.74) is 9.91. The van der Waals surface area contributed by atoms with Crippen LogP contribution in [0, 0.1) is 29.9 Å². The smallest absolute Gasteiger partial charge is 0.135 e. The lowest BCUT2D eigenvalue weighted by molar-refractivity contribution is 0.0321. The Morgan fingerprint density at radius 1 is 1.22 bits per heavy atom. The van der Waals surface area contributed by atoms with Crippen molar-refractivity contribution in [3.63, 3.8) is 0 Å². The van der Waals surface area contributed by atoms with Gasteiger partial charge >= 0.3 is 0 Å². The molecule has 0 amide bonds. The predicted octanol–water partition coefficient (Wildman–Crippen LogP) is 4.68. The third-order valence-corrected chi connectivity index (χ3v) is 6.63. The van der Waals surface area contributed by atoms with Crippen molar-refractivity contribution in [2.75, 3.05) is 6.61 Å². The summed E-state index contributed by atoms with van der Waals surface area (Å²) in [6.07, 6.45) is 6.73. The van der Waals surface area contributed by atoms with Gasteiger partial charge in [0.1, 0.15) is 22.8 Å². The number of halogens is 2. The standard InChI is InChI=1S/C27H26F2N6O/c1-15-22(6-8-30)34-27-24(33-15)12-23(35-26(27)20-5-2-18(28)11-21(20)29)16-7-9-36-25(10-16)17(13-31)14-32-19-3-4-19/h2,5,11-14,16,19,25H,3-4,6-7,9-10,31H2,1H3/b17-13+,32-14?. The van der Waals surface area contributed by atoms with Crippen molar-refractivity contribution in [1.82, 2.24) is 15.0 Å². The fraction of sp³-hybridized carbons (Fsp3) is 0.370. The van der Waals surface area contributed by atoms with Gasteiger partial charge in [-0.3, -0.25) is 4.99 Å². The number of nitrogens with two attached hydrogens (primary N) is 1. The van der Waals surface area contributed by atoms with Gasteiger partial charge in [0.25, 0.3) is 0 Å². The summed E-state index contributed by atoms with van der Waals surface area (Å²) < 4.78 is 34.6. The van der Waals surface area contributed by atoms with E-state index in [4.69, 9.17) is 15.5 Å². The summed E-state index contributed by atoms with van der Waals surface area (Å²) in [5.74, 6) is -1.41. The van der Waals surface area contributed by atoms with Crippen LogP contribution >= 0.6 is 0 Å². The summed E-state index contributed by atoms with van der Waals surface area (Å²) in [6.45, 7) is 2.30. The number of ether oxygens (including phenoxy) is 1. The first-order valence-corrected chi connectivity index (χ1v) is 12.0. The van der Waals surface area contributed by atoms with Crippen molar-refractivity contribution < 1.29 is 13.5 Å². The van der Waals surface area contributed by atoms with E-state index in [1.54, 1.807) is 6.92 Å². The molecule has 1 aliphatic heterocycles. The number of fused-ring (bicyclic) bond motifs is 1. The van der Waals surface area contributed by atoms with Gasteiger partial charge in [-0.2, -0.15) is 5.26 Å². The quantitative estimate of drug-likeness (QED) is 0.505. The highest BCUT2D eigenvalue weighted by molar-refractivity contribution is 5.90. The van der Waals surface area contributed by atoms with Crippen LogP contribution in [0.4, 0.5) is 8.78 Å². The zero-order valence-electron chi connectivity index (χ0n) is 19.9. The average Bonchev–Trinajstić information content (AvgIpc) is 3.69. The lowest BCUT2D eigenvalue weighted by Gasteiger charge is -2.30. The van der Waals surface area contributed by atoms with Gasteiger partial charge < -0.3 is 10.5 Å². The first-order chi connectivity index (χ1) is 17.5. The number of aromatic nitrogens is 3. The molecule has 3 heterocycles. The highest BCUT2D eigenvalue weighted by Gasteiger charge is 2.29. The molecule has 2 atom stereocenters. The summed E-state index contributed by atoms with van der Waals surface area (Å²) in [6, 6.07) is 7.71. The van der Waals surface area contributed by atoms with Crippen molar-refractivity contribution in [3.05, 3.63) is 64.8 Å². The molecule has 2 N–H and O–H groups in total. The van der Waals surface area contributed by atoms with Crippen LogP contribution in [0.2, 0.25) is 0 Å². The normalized spacial score (nSPS) is 20.7. The van der Waals surface area contributed by atoms with Crippen molar-refractivity contribution in [2.45, 2.75) is 57.1 Å². The van der Waals surface area contributed by atoms with Crippen molar-refractivity contribution in [1.29, 1.82) is 5.26 Å². The van der Waals surface area contributed by atoms with Gasteiger partial charge in [-0.1, -0.05) is 0 Å². The van der Waals surface area contributed by atoms with Gasteiger partial charge in [0.05, 0.1) is 41.5 Å². The van der Waals surface area contributed by atoms with E-state index in [1.807, 2.05) is 12.3 Å². The monoisotopic (exact) mass is 488 g/mol. The minimum absolute atomic E-state index is 0.000533. The molecule has 7 nitrogen and oxygen atoms in total. The number of hydrogen-bond donors (Lipinski definition) is 1. The Labute approximate surface area is 207 Å². The van der Waals surface area contributed by atoms with E-state index < -0.39 is 11.6 Å². The van der Waals surface area contributed by atoms with E-state index in [-0.39, 0.29) is 29.7 Å². The first kappa shape index (κ1) is 23.9. The lowest BCUT2D eigenvalue weighted by atomic mass is 9.89. The molecule has 3 aromatic rings. The molecule has 0 radical (unpaired) electrons. The maximum atomic E-state index is 14.9. The van der Waals surface area contributed by atoms with Crippen LogP contribution in [0.5, 0.6) is 0 Å². The van der Waals surface area contributed by atoms with Crippen molar-refractivity contribution in [3.8, 4) is 17.3 Å². The lowest BCUT2D eigenvalue weighted by Crippen LogP contribution is -2.28. The molecule has 1 aliphatic carbocycles. The summed E-state index contributed by atoms with van der Waals surface area (Å²) in [5, 5.41) is 9.18. The molecule has 1 saturated carbocycles. The molecule has 5 rings (SSSR count). The molecule has 36 heavy (non-hydrogen) atoms. The van der Waals surface area contributed by atoms with E-state index in [1.165, 1.54) is 18.3 Å². The van der Waals surface area contributed by atoms with E-state index in [2.05, 4.69) is 21.0 Å². The first-order valence-electron chi connectivity index (χ1n) is 12.0. The zero-order valence-corrected chi connectivity index (χ0v) is 19.9. The molecule has 0 spiro atoms. The number of benzene rings is 1. The SMILES string of the molecule is Cc1nc2cc(C3CCOC(/C(C=NC4CC4)=C/N)C3)nc(-c3ccc(F)cc3F)c2nc1CC#N. The van der Waals surface area contributed by atoms with Crippen LogP contribution in [-0.4, -0.2) is 39.9 Å². The van der Waals surface area contributed by atoms with Crippen LogP contribution in [-0.2, 0) is 11.2 Å². The zero-order chi connectivity index (χ0) is 25.2. The van der Waals surface area contributed by atoms with Gasteiger partial charge in [0, 0.05) is 47.8 Å². The topological polar surface area (TPSA) is 110 Å². The average molecular weight is 489 g/mol. The van der Waals surface area contributed by atoms with Crippen molar-refractivity contribution >= 4 is 17.2 Å². The minimum Gasteiger partial charge on any atom is -0.404 e. The maximum Gasteiger partial charge on any atom is 0.135 e. The fourth-order valence-corrected chi connectivity index (χ4v) is 4.47. The van der Waals surface area contributed by atoms with Crippen LogP contribution in [0.1, 0.15) is 48.7 Å². The molecular weight excluding hydrogens is 462 g/mol. The highest BCUT2D eigenvalue weighted by Crippen LogP contribution is 2.36. The van der Waals surface area contributed by atoms with Crippen LogP contribution in [0.15, 0.2) is 41.0 Å². The Balaban J connectivity index is 1.58. The number of aryl methyl sites for hydroxylation is 1. The van der Waals surface area contributed by atoms with Gasteiger partial charge in [0.2, 0.25) is 0 Å². The van der Waals surface area contributed by atoms with Crippen LogP contribution < -0.4 is 5.73 Å². The summed E-state index contributed by atoms with van der Waals surface area (Å²) in [7, 11) is 0. The van der Waals surface area contributed by atoms with Crippen LogP contribution in [0.3, 0.4) is 0 Å². The second-order valence-electron chi connectivity index (χ2n) is 9.23. The minimum atomic E-state index is -0.736. The number of aliphatic imine (C=N–C) groups is 1. The van der Waals surface area contributed by atoms with E-state index >= 15 is 0 Å². The number of nitriles is 1. The molecule has 1 aromatic carbocycles. The Morgan fingerprint density at radius 2 is 2.06 bits per heavy atom. The molecule has 0 bridgehead atoms. The largest absolute Gasteiger partial charge is 0.404 e. The molecular formula is C27H26F2N6O. The Bertz CT molecular complexity index is 1410.